The predicted octanol–water partition coefficient (Wildman–Crippen LogP) is 5.48. The van der Waals surface area contributed by atoms with Crippen molar-refractivity contribution in [3.05, 3.63) is 75.7 Å². The highest BCUT2D eigenvalue weighted by atomic mass is 32.2. The lowest BCUT2D eigenvalue weighted by Crippen LogP contribution is -2.51. The number of nitrogens with zero attached hydrogens (tertiary/aromatic N) is 2. The number of aliphatic hydroxyl groups excluding tert-OH is 1. The second-order valence-corrected chi connectivity index (χ2v) is 14.8. The van der Waals surface area contributed by atoms with Crippen molar-refractivity contribution in [2.24, 2.45) is 5.92 Å². The van der Waals surface area contributed by atoms with E-state index < -0.39 is 33.9 Å². The summed E-state index contributed by atoms with van der Waals surface area (Å²) in [5, 5.41) is 17.1. The number of rotatable bonds is 13. The van der Waals surface area contributed by atoms with E-state index in [1.54, 1.807) is 50.3 Å². The minimum Gasteiger partial charge on any atom is -0.487 e. The van der Waals surface area contributed by atoms with Gasteiger partial charge in [-0.15, -0.1) is 11.3 Å². The van der Waals surface area contributed by atoms with Crippen LogP contribution >= 0.6 is 11.3 Å². The molecular weight excluding hydrogens is 574 g/mol. The number of ether oxygens (including phenoxy) is 2. The van der Waals surface area contributed by atoms with Gasteiger partial charge < -0.3 is 19.9 Å². The summed E-state index contributed by atoms with van der Waals surface area (Å²) in [4.78, 5) is 17.3. The molecule has 0 bridgehead atoms. The Bertz CT molecular complexity index is 1410. The number of hydrogen-bond donors (Lipinski definition) is 2. The number of sulfonamides is 1. The molecule has 2 N–H and O–H groups in total. The monoisotopic (exact) mass is 617 g/mol. The van der Waals surface area contributed by atoms with Gasteiger partial charge in [-0.1, -0.05) is 38.1 Å². The van der Waals surface area contributed by atoms with Crippen LogP contribution in [0.2, 0.25) is 0 Å². The Morgan fingerprint density at radius 2 is 1.79 bits per heavy atom. The molecule has 0 saturated heterocycles. The maximum absolute atomic E-state index is 13.6. The van der Waals surface area contributed by atoms with Crippen LogP contribution in [-0.2, 0) is 27.8 Å². The van der Waals surface area contributed by atoms with Crippen molar-refractivity contribution in [3.63, 3.8) is 0 Å². The van der Waals surface area contributed by atoms with E-state index in [-0.39, 0.29) is 30.3 Å². The van der Waals surface area contributed by atoms with Crippen molar-refractivity contribution < 1.29 is 27.8 Å². The minimum atomic E-state index is -3.90. The van der Waals surface area contributed by atoms with Gasteiger partial charge in [0.2, 0.25) is 10.0 Å². The molecule has 1 amide bonds. The van der Waals surface area contributed by atoms with E-state index in [1.165, 1.54) is 4.31 Å². The summed E-state index contributed by atoms with van der Waals surface area (Å²) in [6.07, 6.45) is -1.67. The third-order valence-electron chi connectivity index (χ3n) is 6.19. The van der Waals surface area contributed by atoms with Crippen molar-refractivity contribution in [1.82, 2.24) is 14.6 Å². The molecule has 0 aliphatic rings. The second-order valence-electron chi connectivity index (χ2n) is 11.8. The highest BCUT2D eigenvalue weighted by molar-refractivity contribution is 7.89. The van der Waals surface area contributed by atoms with E-state index in [0.29, 0.717) is 12.4 Å². The van der Waals surface area contributed by atoms with Gasteiger partial charge in [-0.25, -0.2) is 18.2 Å². The normalized spacial score (nSPS) is 13.7. The van der Waals surface area contributed by atoms with E-state index in [4.69, 9.17) is 9.47 Å². The van der Waals surface area contributed by atoms with Gasteiger partial charge in [-0.3, -0.25) is 0 Å². The SMILES string of the molecule is Cc1cccc(S(=O)(=O)N(CC(C)C)C[C@@H](O)[C@H](Cc2ccc(OCc3csc(C)n3)cc2)NC(=O)OC(C)(C)C)c1. The van der Waals surface area contributed by atoms with Gasteiger partial charge in [0, 0.05) is 18.5 Å². The summed E-state index contributed by atoms with van der Waals surface area (Å²) >= 11 is 1.57. The summed E-state index contributed by atoms with van der Waals surface area (Å²) in [6.45, 7) is 13.2. The molecule has 0 radical (unpaired) electrons. The number of aryl methyl sites for hydroxylation is 2. The average Bonchev–Trinajstić information content (AvgIpc) is 3.31. The van der Waals surface area contributed by atoms with Crippen LogP contribution in [0.25, 0.3) is 0 Å². The fraction of sp³-hybridized carbons (Fsp3) is 0.484. The molecule has 0 spiro atoms. The molecule has 0 aliphatic carbocycles. The summed E-state index contributed by atoms with van der Waals surface area (Å²) < 4.78 is 39.9. The van der Waals surface area contributed by atoms with E-state index in [1.807, 2.05) is 63.4 Å². The first-order chi connectivity index (χ1) is 19.6. The lowest BCUT2D eigenvalue weighted by atomic mass is 10.0. The Kier molecular flexibility index (Phi) is 11.5. The van der Waals surface area contributed by atoms with Gasteiger partial charge in [0.05, 0.1) is 27.7 Å². The van der Waals surface area contributed by atoms with Crippen molar-refractivity contribution in [1.29, 1.82) is 0 Å². The van der Waals surface area contributed by atoms with Crippen LogP contribution in [0.4, 0.5) is 4.79 Å². The standard InChI is InChI=1S/C31H43N3O6S2/c1-21(2)17-34(42(37,38)27-10-8-9-22(3)15-27)18-29(35)28(33-30(36)40-31(5,6)7)16-24-11-13-26(14-12-24)39-19-25-20-41-23(4)32-25/h8-15,20-21,28-29,35H,16-19H2,1-7H3,(H,33,36)/t28-,29+/m0/s1. The Morgan fingerprint density at radius 1 is 1.10 bits per heavy atom. The van der Waals surface area contributed by atoms with Crippen LogP contribution < -0.4 is 10.1 Å². The molecule has 0 unspecified atom stereocenters. The lowest BCUT2D eigenvalue weighted by molar-refractivity contribution is 0.0400. The fourth-order valence-corrected chi connectivity index (χ4v) is 6.61. The number of aromatic nitrogens is 1. The number of amides is 1. The number of hydrogen-bond acceptors (Lipinski definition) is 8. The molecule has 0 fully saturated rings. The number of alkyl carbamates (subject to hydrolysis) is 1. The number of thiazole rings is 1. The second kappa shape index (κ2) is 14.5. The molecule has 3 aromatic rings. The molecule has 0 aliphatic heterocycles. The molecule has 2 atom stereocenters. The van der Waals surface area contributed by atoms with E-state index in [2.05, 4.69) is 10.3 Å². The first-order valence-electron chi connectivity index (χ1n) is 14.0. The molecule has 230 valence electrons. The van der Waals surface area contributed by atoms with Crippen molar-refractivity contribution in [2.75, 3.05) is 13.1 Å². The van der Waals surface area contributed by atoms with Crippen molar-refractivity contribution >= 4 is 27.5 Å². The predicted molar refractivity (Wildman–Crippen MR) is 165 cm³/mol. The Labute approximate surface area is 253 Å². The smallest absolute Gasteiger partial charge is 0.407 e. The summed E-state index contributed by atoms with van der Waals surface area (Å²) in [5.41, 5.74) is 1.76. The highest BCUT2D eigenvalue weighted by Crippen LogP contribution is 2.21. The number of carbonyl (C=O) groups excluding carboxylic acids is 1. The van der Waals surface area contributed by atoms with E-state index >= 15 is 0 Å². The van der Waals surface area contributed by atoms with Crippen LogP contribution in [0.5, 0.6) is 5.75 Å². The van der Waals surface area contributed by atoms with Crippen LogP contribution in [0.15, 0.2) is 58.8 Å². The third kappa shape index (κ3) is 10.4. The molecule has 1 heterocycles. The molecule has 42 heavy (non-hydrogen) atoms. The Balaban J connectivity index is 1.80. The average molecular weight is 618 g/mol. The van der Waals surface area contributed by atoms with Gasteiger partial charge in [0.25, 0.3) is 0 Å². The van der Waals surface area contributed by atoms with Gasteiger partial charge in [-0.2, -0.15) is 4.31 Å². The highest BCUT2D eigenvalue weighted by Gasteiger charge is 2.32. The molecule has 11 heteroatoms. The minimum absolute atomic E-state index is 0.00906. The van der Waals surface area contributed by atoms with Gasteiger partial charge in [0.15, 0.2) is 0 Å². The molecular formula is C31H43N3O6S2. The van der Waals surface area contributed by atoms with E-state index in [9.17, 15) is 18.3 Å². The summed E-state index contributed by atoms with van der Waals surface area (Å²) in [5.74, 6) is 0.670. The maximum Gasteiger partial charge on any atom is 0.407 e. The number of aliphatic hydroxyl groups is 1. The van der Waals surface area contributed by atoms with Gasteiger partial charge >= 0.3 is 6.09 Å². The van der Waals surface area contributed by atoms with Crippen LogP contribution in [0, 0.1) is 19.8 Å². The molecule has 0 saturated carbocycles. The first kappa shape index (κ1) is 33.5. The largest absolute Gasteiger partial charge is 0.487 e. The molecule has 3 rings (SSSR count). The summed E-state index contributed by atoms with van der Waals surface area (Å²) in [6, 6.07) is 13.2. The van der Waals surface area contributed by atoms with E-state index in [0.717, 1.165) is 21.8 Å². The Hall–Kier alpha value is -2.99. The van der Waals surface area contributed by atoms with Crippen LogP contribution in [-0.4, -0.2) is 59.7 Å². The molecule has 9 nitrogen and oxygen atoms in total. The lowest BCUT2D eigenvalue weighted by Gasteiger charge is -2.31. The first-order valence-corrected chi connectivity index (χ1v) is 16.3. The van der Waals surface area contributed by atoms with Crippen LogP contribution in [0.3, 0.4) is 0 Å². The quantitative estimate of drug-likeness (QED) is 0.261. The zero-order valence-electron chi connectivity index (χ0n) is 25.5. The summed E-state index contributed by atoms with van der Waals surface area (Å²) in [7, 11) is -3.90. The fourth-order valence-electron chi connectivity index (χ4n) is 4.29. The van der Waals surface area contributed by atoms with Crippen molar-refractivity contribution in [2.45, 2.75) is 84.1 Å². The Morgan fingerprint density at radius 3 is 2.36 bits per heavy atom. The zero-order valence-corrected chi connectivity index (χ0v) is 27.1. The topological polar surface area (TPSA) is 118 Å². The van der Waals surface area contributed by atoms with Gasteiger partial charge in [-0.05, 0) is 82.3 Å². The molecule has 2 aromatic carbocycles. The maximum atomic E-state index is 13.6. The van der Waals surface area contributed by atoms with Crippen LogP contribution in [0.1, 0.15) is 56.4 Å². The number of benzene rings is 2. The molecule has 1 aromatic heterocycles. The van der Waals surface area contributed by atoms with Gasteiger partial charge in [0.1, 0.15) is 18.0 Å². The zero-order chi connectivity index (χ0) is 31.1. The van der Waals surface area contributed by atoms with Crippen molar-refractivity contribution in [3.8, 4) is 5.75 Å². The third-order valence-corrected chi connectivity index (χ3v) is 8.84. The number of carbonyl (C=O) groups is 1. The number of nitrogens with one attached hydrogen (secondary N) is 1.